The molecule has 7 heteroatoms. The summed E-state index contributed by atoms with van der Waals surface area (Å²) in [5, 5.41) is 13.6. The number of para-hydroxylation sites is 1. The zero-order valence-electron chi connectivity index (χ0n) is 15.2. The van der Waals surface area contributed by atoms with Gasteiger partial charge in [0.25, 0.3) is 0 Å². The fourth-order valence-corrected chi connectivity index (χ4v) is 3.83. The van der Waals surface area contributed by atoms with Crippen LogP contribution < -0.4 is 9.97 Å². The number of hydrogen-bond donors (Lipinski definition) is 2. The van der Waals surface area contributed by atoms with E-state index >= 15 is 0 Å². The molecular weight excluding hydrogens is 343 g/mol. The zero-order chi connectivity index (χ0) is 19.0. The second-order valence-corrected chi connectivity index (χ2v) is 7.29. The average Bonchev–Trinajstić information content (AvgIpc) is 3.09. The normalized spacial score (nSPS) is 17.9. The van der Waals surface area contributed by atoms with E-state index in [0.717, 1.165) is 24.3 Å². The maximum Gasteiger partial charge on any atom is 0.526 e. The number of nitrogens with one attached hydrogen (secondary N) is 1. The minimum Gasteiger partial charge on any atom is -0.535 e. The summed E-state index contributed by atoms with van der Waals surface area (Å²) in [5.41, 5.74) is 4.45. The van der Waals surface area contributed by atoms with Crippen molar-refractivity contribution in [3.05, 3.63) is 58.4 Å². The highest BCUT2D eigenvalue weighted by molar-refractivity contribution is 6.47. The van der Waals surface area contributed by atoms with Crippen molar-refractivity contribution in [3.8, 4) is 5.75 Å². The Morgan fingerprint density at radius 1 is 1.30 bits per heavy atom. The molecule has 2 aliphatic heterocycles. The van der Waals surface area contributed by atoms with Crippen LogP contribution in [0.5, 0.6) is 5.75 Å². The van der Waals surface area contributed by atoms with E-state index in [4.69, 9.17) is 4.65 Å². The first-order valence-corrected chi connectivity index (χ1v) is 9.18. The molecule has 0 amide bonds. The van der Waals surface area contributed by atoms with Crippen LogP contribution in [0.2, 0.25) is 5.82 Å². The van der Waals surface area contributed by atoms with E-state index in [9.17, 15) is 14.6 Å². The van der Waals surface area contributed by atoms with Crippen LogP contribution in [0.15, 0.2) is 30.5 Å². The van der Waals surface area contributed by atoms with Gasteiger partial charge in [0.2, 0.25) is 0 Å². The van der Waals surface area contributed by atoms with Crippen LogP contribution in [0.1, 0.15) is 46.1 Å². The first-order valence-electron chi connectivity index (χ1n) is 9.18. The van der Waals surface area contributed by atoms with Crippen molar-refractivity contribution in [3.63, 3.8) is 0 Å². The standard InChI is InChI=1S/C20H21BN2O4/c1-12(24)19-4-2-3-13-5-16(21(26)27-20(13)19)7-18(25)8-17-6-14-9-22-10-15(14)11-23-17/h2-4,6,11,16,22,26H,5,7-10H2,1H3/t16-/m1/s1. The predicted octanol–water partition coefficient (Wildman–Crippen LogP) is 1.87. The Hall–Kier alpha value is -2.51. The SMILES string of the molecule is CC(=O)c1cccc2c1OB(O)[C@@H](CC(=O)Cc1cc3c(cn1)CNC3)C2. The van der Waals surface area contributed by atoms with Crippen molar-refractivity contribution in [2.45, 2.75) is 45.1 Å². The molecule has 0 aliphatic carbocycles. The maximum absolute atomic E-state index is 12.5. The number of fused-ring (bicyclic) bond motifs is 2. The van der Waals surface area contributed by atoms with Gasteiger partial charge in [-0.05, 0) is 42.2 Å². The van der Waals surface area contributed by atoms with Gasteiger partial charge in [0.1, 0.15) is 11.5 Å². The third-order valence-electron chi connectivity index (χ3n) is 5.24. The van der Waals surface area contributed by atoms with Crippen molar-refractivity contribution >= 4 is 18.7 Å². The fraction of sp³-hybridized carbons (Fsp3) is 0.350. The van der Waals surface area contributed by atoms with Crippen LogP contribution >= 0.6 is 0 Å². The third-order valence-corrected chi connectivity index (χ3v) is 5.24. The van der Waals surface area contributed by atoms with Crippen LogP contribution in [0, 0.1) is 0 Å². The van der Waals surface area contributed by atoms with E-state index in [1.807, 2.05) is 18.3 Å². The lowest BCUT2D eigenvalue weighted by molar-refractivity contribution is -0.118. The summed E-state index contributed by atoms with van der Waals surface area (Å²) in [6.07, 6.45) is 2.79. The molecule has 138 valence electrons. The molecule has 0 saturated carbocycles. The van der Waals surface area contributed by atoms with Crippen molar-refractivity contribution in [2.24, 2.45) is 0 Å². The highest BCUT2D eigenvalue weighted by Gasteiger charge is 2.37. The number of carbonyl (C=O) groups is 2. The Bertz CT molecular complexity index is 915. The molecule has 1 aromatic heterocycles. The number of aromatic nitrogens is 1. The summed E-state index contributed by atoms with van der Waals surface area (Å²) in [6.45, 7) is 3.10. The molecule has 2 aliphatic rings. The molecule has 0 saturated heterocycles. The lowest BCUT2D eigenvalue weighted by atomic mass is 9.64. The summed E-state index contributed by atoms with van der Waals surface area (Å²) in [5.74, 6) is 0.0234. The van der Waals surface area contributed by atoms with Crippen LogP contribution in [-0.2, 0) is 30.7 Å². The molecule has 3 heterocycles. The molecule has 27 heavy (non-hydrogen) atoms. The Kier molecular flexibility index (Phi) is 4.80. The Morgan fingerprint density at radius 3 is 2.93 bits per heavy atom. The van der Waals surface area contributed by atoms with Gasteiger partial charge >= 0.3 is 7.12 Å². The third kappa shape index (κ3) is 3.66. The summed E-state index contributed by atoms with van der Waals surface area (Å²) in [4.78, 5) is 28.7. The summed E-state index contributed by atoms with van der Waals surface area (Å²) in [6, 6.07) is 7.35. The monoisotopic (exact) mass is 364 g/mol. The fourth-order valence-electron chi connectivity index (χ4n) is 3.83. The van der Waals surface area contributed by atoms with Gasteiger partial charge in [0.05, 0.1) is 5.56 Å². The van der Waals surface area contributed by atoms with Crippen LogP contribution in [-0.4, -0.2) is 28.7 Å². The van der Waals surface area contributed by atoms with Crippen LogP contribution in [0.3, 0.4) is 0 Å². The van der Waals surface area contributed by atoms with E-state index in [1.54, 1.807) is 12.1 Å². The molecule has 2 aromatic rings. The molecule has 0 unspecified atom stereocenters. The minimum atomic E-state index is -1.10. The quantitative estimate of drug-likeness (QED) is 0.622. The number of carbonyl (C=O) groups excluding carboxylic acids is 2. The topological polar surface area (TPSA) is 88.5 Å². The molecule has 1 atom stereocenters. The van der Waals surface area contributed by atoms with Gasteiger partial charge in [-0.2, -0.15) is 0 Å². The van der Waals surface area contributed by atoms with Crippen molar-refractivity contribution in [1.29, 1.82) is 0 Å². The van der Waals surface area contributed by atoms with E-state index < -0.39 is 7.12 Å². The Labute approximate surface area is 158 Å². The number of Topliss-reactive ketones (excluding diaryl/α,β-unsaturated/α-hetero) is 2. The summed E-state index contributed by atoms with van der Waals surface area (Å²) < 4.78 is 5.61. The number of ketones is 2. The van der Waals surface area contributed by atoms with E-state index in [2.05, 4.69) is 10.3 Å². The van der Waals surface area contributed by atoms with Gasteiger partial charge in [-0.3, -0.25) is 14.6 Å². The lowest BCUT2D eigenvalue weighted by Crippen LogP contribution is -2.36. The van der Waals surface area contributed by atoms with Gasteiger partial charge < -0.3 is 15.0 Å². The molecule has 0 radical (unpaired) electrons. The summed E-state index contributed by atoms with van der Waals surface area (Å²) >= 11 is 0. The van der Waals surface area contributed by atoms with Gasteiger partial charge in [0, 0.05) is 43.6 Å². The largest absolute Gasteiger partial charge is 0.535 e. The first kappa shape index (κ1) is 17.9. The molecule has 2 N–H and O–H groups in total. The Balaban J connectivity index is 1.44. The van der Waals surface area contributed by atoms with E-state index in [0.29, 0.717) is 17.7 Å². The van der Waals surface area contributed by atoms with Gasteiger partial charge in [-0.25, -0.2) is 0 Å². The molecule has 6 nitrogen and oxygen atoms in total. The number of rotatable bonds is 5. The van der Waals surface area contributed by atoms with E-state index in [-0.39, 0.29) is 30.2 Å². The zero-order valence-corrected chi connectivity index (χ0v) is 15.2. The number of nitrogens with zero attached hydrogens (tertiary/aromatic N) is 1. The molecule has 1 aromatic carbocycles. The summed E-state index contributed by atoms with van der Waals surface area (Å²) in [7, 11) is -1.10. The molecular formula is C20H21BN2O4. The van der Waals surface area contributed by atoms with Gasteiger partial charge in [-0.15, -0.1) is 0 Å². The maximum atomic E-state index is 12.5. The van der Waals surface area contributed by atoms with Crippen molar-refractivity contribution < 1.29 is 19.3 Å². The predicted molar refractivity (Wildman–Crippen MR) is 101 cm³/mol. The van der Waals surface area contributed by atoms with Crippen LogP contribution in [0.4, 0.5) is 0 Å². The second-order valence-electron chi connectivity index (χ2n) is 7.29. The minimum absolute atomic E-state index is 0.0206. The van der Waals surface area contributed by atoms with Crippen molar-refractivity contribution in [2.75, 3.05) is 0 Å². The molecule has 4 rings (SSSR count). The van der Waals surface area contributed by atoms with E-state index in [1.165, 1.54) is 18.1 Å². The number of benzene rings is 1. The average molecular weight is 364 g/mol. The first-order chi connectivity index (χ1) is 13.0. The van der Waals surface area contributed by atoms with Crippen LogP contribution in [0.25, 0.3) is 0 Å². The van der Waals surface area contributed by atoms with Gasteiger partial charge in [0.15, 0.2) is 5.78 Å². The van der Waals surface area contributed by atoms with Gasteiger partial charge in [-0.1, -0.05) is 12.1 Å². The Morgan fingerprint density at radius 2 is 2.11 bits per heavy atom. The lowest BCUT2D eigenvalue weighted by Gasteiger charge is -2.28. The number of pyridine rings is 1. The van der Waals surface area contributed by atoms with Crippen molar-refractivity contribution in [1.82, 2.24) is 10.3 Å². The molecule has 0 spiro atoms. The smallest absolute Gasteiger partial charge is 0.526 e. The molecule has 0 bridgehead atoms. The highest BCUT2D eigenvalue weighted by Crippen LogP contribution is 2.36. The highest BCUT2D eigenvalue weighted by atomic mass is 16.5. The second kappa shape index (κ2) is 7.25. The molecule has 0 fully saturated rings. The number of hydrogen-bond acceptors (Lipinski definition) is 6.